The molecule has 0 spiro atoms. The molecule has 2 aromatic carbocycles. The molecule has 0 radical (unpaired) electrons. The first-order valence-electron chi connectivity index (χ1n) is 8.07. The molecular formula is C19H24N2O2. The average Bonchev–Trinajstić information content (AvgIpc) is 2.59. The molecule has 0 aliphatic heterocycles. The number of ether oxygens (including phenoxy) is 1. The van der Waals surface area contributed by atoms with Gasteiger partial charge in [0, 0.05) is 5.69 Å². The highest BCUT2D eigenvalue weighted by atomic mass is 16.5. The third kappa shape index (κ3) is 5.33. The van der Waals surface area contributed by atoms with E-state index < -0.39 is 0 Å². The molecule has 1 amide bonds. The van der Waals surface area contributed by atoms with Crippen LogP contribution in [0, 0.1) is 0 Å². The number of carbonyl (C=O) groups excluding carboxylic acids is 1. The first-order chi connectivity index (χ1) is 11.2. The number of aryl methyl sites for hydroxylation is 1. The van der Waals surface area contributed by atoms with E-state index in [0.29, 0.717) is 6.61 Å². The van der Waals surface area contributed by atoms with Crippen molar-refractivity contribution in [1.82, 2.24) is 0 Å². The van der Waals surface area contributed by atoms with Gasteiger partial charge in [0.25, 0.3) is 0 Å². The Labute approximate surface area is 137 Å². The van der Waals surface area contributed by atoms with Crippen LogP contribution in [0.25, 0.3) is 0 Å². The second-order valence-corrected chi connectivity index (χ2v) is 5.30. The Kier molecular flexibility index (Phi) is 6.48. The number of nitrogens with one attached hydrogen (secondary N) is 2. The Balaban J connectivity index is 1.88. The molecule has 4 nitrogen and oxygen atoms in total. The van der Waals surface area contributed by atoms with Crippen LogP contribution in [0.15, 0.2) is 48.5 Å². The van der Waals surface area contributed by atoms with E-state index in [9.17, 15) is 4.79 Å². The number of hydrogen-bond acceptors (Lipinski definition) is 3. The van der Waals surface area contributed by atoms with Gasteiger partial charge >= 0.3 is 0 Å². The van der Waals surface area contributed by atoms with Crippen molar-refractivity contribution in [1.29, 1.82) is 0 Å². The van der Waals surface area contributed by atoms with Crippen molar-refractivity contribution in [3.63, 3.8) is 0 Å². The van der Waals surface area contributed by atoms with E-state index in [0.717, 1.165) is 30.0 Å². The highest BCUT2D eigenvalue weighted by molar-refractivity contribution is 5.93. The van der Waals surface area contributed by atoms with Crippen molar-refractivity contribution in [2.45, 2.75) is 26.7 Å². The lowest BCUT2D eigenvalue weighted by Crippen LogP contribution is -2.22. The van der Waals surface area contributed by atoms with Crippen molar-refractivity contribution in [2.75, 3.05) is 23.8 Å². The van der Waals surface area contributed by atoms with Crippen LogP contribution in [-0.4, -0.2) is 19.1 Å². The van der Waals surface area contributed by atoms with Gasteiger partial charge in [0.15, 0.2) is 0 Å². The quantitative estimate of drug-likeness (QED) is 0.772. The summed E-state index contributed by atoms with van der Waals surface area (Å²) in [5, 5.41) is 6.01. The molecule has 0 saturated carbocycles. The minimum atomic E-state index is -0.0838. The number of benzene rings is 2. The fraction of sp³-hybridized carbons (Fsp3) is 0.316. The molecule has 0 aliphatic rings. The lowest BCUT2D eigenvalue weighted by molar-refractivity contribution is -0.114. The van der Waals surface area contributed by atoms with Gasteiger partial charge in [-0.05, 0) is 42.7 Å². The van der Waals surface area contributed by atoms with E-state index in [1.807, 2.05) is 48.5 Å². The number of amides is 1. The second-order valence-electron chi connectivity index (χ2n) is 5.30. The van der Waals surface area contributed by atoms with Crippen molar-refractivity contribution < 1.29 is 9.53 Å². The minimum absolute atomic E-state index is 0.0838. The Morgan fingerprint density at radius 3 is 2.48 bits per heavy atom. The smallest absolute Gasteiger partial charge is 0.243 e. The van der Waals surface area contributed by atoms with Gasteiger partial charge in [-0.3, -0.25) is 4.79 Å². The molecule has 0 aliphatic carbocycles. The van der Waals surface area contributed by atoms with Crippen LogP contribution < -0.4 is 15.4 Å². The average molecular weight is 312 g/mol. The van der Waals surface area contributed by atoms with Crippen LogP contribution in [0.4, 0.5) is 11.4 Å². The van der Waals surface area contributed by atoms with E-state index in [4.69, 9.17) is 4.74 Å². The molecule has 0 unspecified atom stereocenters. The van der Waals surface area contributed by atoms with Crippen molar-refractivity contribution >= 4 is 17.3 Å². The third-order valence-corrected chi connectivity index (χ3v) is 3.43. The van der Waals surface area contributed by atoms with E-state index in [1.165, 1.54) is 5.56 Å². The second kappa shape index (κ2) is 8.83. The van der Waals surface area contributed by atoms with Gasteiger partial charge in [-0.1, -0.05) is 38.1 Å². The summed E-state index contributed by atoms with van der Waals surface area (Å²) in [5.41, 5.74) is 2.89. The van der Waals surface area contributed by atoms with Crippen LogP contribution in [0.2, 0.25) is 0 Å². The van der Waals surface area contributed by atoms with E-state index in [1.54, 1.807) is 0 Å². The molecule has 2 rings (SSSR count). The molecule has 2 N–H and O–H groups in total. The summed E-state index contributed by atoms with van der Waals surface area (Å²) in [5.74, 6) is 0.689. The molecule has 0 fully saturated rings. The molecule has 2 aromatic rings. The normalized spacial score (nSPS) is 10.2. The molecule has 0 saturated heterocycles. The summed E-state index contributed by atoms with van der Waals surface area (Å²) >= 11 is 0. The lowest BCUT2D eigenvalue weighted by Gasteiger charge is -2.13. The maximum atomic E-state index is 12.1. The first kappa shape index (κ1) is 16.9. The van der Waals surface area contributed by atoms with E-state index in [2.05, 4.69) is 24.5 Å². The fourth-order valence-corrected chi connectivity index (χ4v) is 2.16. The van der Waals surface area contributed by atoms with Gasteiger partial charge in [0.05, 0.1) is 18.8 Å². The molecule has 23 heavy (non-hydrogen) atoms. The van der Waals surface area contributed by atoms with E-state index >= 15 is 0 Å². The van der Waals surface area contributed by atoms with Gasteiger partial charge < -0.3 is 15.4 Å². The molecule has 0 heterocycles. The van der Waals surface area contributed by atoms with Gasteiger partial charge in [-0.2, -0.15) is 0 Å². The summed E-state index contributed by atoms with van der Waals surface area (Å²) in [4.78, 5) is 12.1. The summed E-state index contributed by atoms with van der Waals surface area (Å²) in [7, 11) is 0. The maximum absolute atomic E-state index is 12.1. The largest absolute Gasteiger partial charge is 0.491 e. The summed E-state index contributed by atoms with van der Waals surface area (Å²) < 4.78 is 5.67. The Bertz CT molecular complexity index is 624. The first-order valence-corrected chi connectivity index (χ1v) is 8.07. The number of para-hydroxylation sites is 2. The summed E-state index contributed by atoms with van der Waals surface area (Å²) in [6.07, 6.45) is 1.94. The summed E-state index contributed by atoms with van der Waals surface area (Å²) in [6.45, 7) is 5.03. The number of carbonyl (C=O) groups is 1. The molecule has 0 atom stereocenters. The van der Waals surface area contributed by atoms with Crippen molar-refractivity contribution in [3.8, 4) is 5.75 Å². The standard InChI is InChI=1S/C19H24N2O2/c1-3-13-23-18-8-6-5-7-17(18)20-14-19(22)21-16-11-9-15(4-2)10-12-16/h5-12,20H,3-4,13-14H2,1-2H3,(H,21,22). The van der Waals surface area contributed by atoms with Crippen LogP contribution >= 0.6 is 0 Å². The van der Waals surface area contributed by atoms with Crippen LogP contribution in [0.1, 0.15) is 25.8 Å². The Morgan fingerprint density at radius 1 is 1.04 bits per heavy atom. The molecule has 4 heteroatoms. The zero-order chi connectivity index (χ0) is 16.5. The monoisotopic (exact) mass is 312 g/mol. The van der Waals surface area contributed by atoms with E-state index in [-0.39, 0.29) is 12.5 Å². The van der Waals surface area contributed by atoms with Gasteiger partial charge in [0.1, 0.15) is 5.75 Å². The minimum Gasteiger partial charge on any atom is -0.491 e. The zero-order valence-electron chi connectivity index (χ0n) is 13.8. The molecule has 0 aromatic heterocycles. The predicted octanol–water partition coefficient (Wildman–Crippen LogP) is 4.09. The zero-order valence-corrected chi connectivity index (χ0v) is 13.8. The number of rotatable bonds is 8. The fourth-order valence-electron chi connectivity index (χ4n) is 2.16. The number of anilines is 2. The highest BCUT2D eigenvalue weighted by Gasteiger charge is 2.06. The maximum Gasteiger partial charge on any atom is 0.243 e. The Hall–Kier alpha value is -2.49. The summed E-state index contributed by atoms with van der Waals surface area (Å²) in [6, 6.07) is 15.6. The van der Waals surface area contributed by atoms with Crippen molar-refractivity contribution in [3.05, 3.63) is 54.1 Å². The number of hydrogen-bond donors (Lipinski definition) is 2. The SMILES string of the molecule is CCCOc1ccccc1NCC(=O)Nc1ccc(CC)cc1. The van der Waals surface area contributed by atoms with Crippen LogP contribution in [0.3, 0.4) is 0 Å². The third-order valence-electron chi connectivity index (χ3n) is 3.43. The molecular weight excluding hydrogens is 288 g/mol. The Morgan fingerprint density at radius 2 is 1.78 bits per heavy atom. The lowest BCUT2D eigenvalue weighted by atomic mass is 10.1. The van der Waals surface area contributed by atoms with Crippen LogP contribution in [0.5, 0.6) is 5.75 Å². The highest BCUT2D eigenvalue weighted by Crippen LogP contribution is 2.23. The van der Waals surface area contributed by atoms with Crippen molar-refractivity contribution in [2.24, 2.45) is 0 Å². The van der Waals surface area contributed by atoms with Gasteiger partial charge in [-0.25, -0.2) is 0 Å². The van der Waals surface area contributed by atoms with Gasteiger partial charge in [0.2, 0.25) is 5.91 Å². The van der Waals surface area contributed by atoms with Gasteiger partial charge in [-0.15, -0.1) is 0 Å². The molecule has 0 bridgehead atoms. The predicted molar refractivity (Wildman–Crippen MR) is 95.2 cm³/mol. The van der Waals surface area contributed by atoms with Crippen LogP contribution in [-0.2, 0) is 11.2 Å². The topological polar surface area (TPSA) is 50.4 Å². The molecule has 122 valence electrons.